The van der Waals surface area contributed by atoms with Gasteiger partial charge in [0.05, 0.1) is 5.56 Å². The lowest BCUT2D eigenvalue weighted by Crippen LogP contribution is -2.18. The van der Waals surface area contributed by atoms with Crippen LogP contribution in [0.4, 0.5) is 13.2 Å². The zero-order valence-corrected chi connectivity index (χ0v) is 12.0. The van der Waals surface area contributed by atoms with Gasteiger partial charge in [0.2, 0.25) is 0 Å². The van der Waals surface area contributed by atoms with Crippen molar-refractivity contribution in [3.63, 3.8) is 0 Å². The Morgan fingerprint density at radius 2 is 1.70 bits per heavy atom. The molecule has 2 aromatic carbocycles. The number of halogens is 3. The Balaban J connectivity index is 2.46. The number of aryl methyl sites for hydroxylation is 2. The van der Waals surface area contributed by atoms with Crippen molar-refractivity contribution in [1.29, 1.82) is 0 Å². The topological polar surface area (TPSA) is 20.2 Å². The molecule has 106 valence electrons. The van der Waals surface area contributed by atoms with E-state index >= 15 is 0 Å². The van der Waals surface area contributed by atoms with Crippen LogP contribution in [0.3, 0.4) is 0 Å². The van der Waals surface area contributed by atoms with Crippen molar-refractivity contribution in [3.8, 4) is 5.75 Å². The fourth-order valence-electron chi connectivity index (χ4n) is 1.91. The van der Waals surface area contributed by atoms with Gasteiger partial charge < -0.3 is 5.11 Å². The quantitative estimate of drug-likeness (QED) is 0.839. The second-order valence-corrected chi connectivity index (χ2v) is 5.97. The minimum absolute atomic E-state index is 0.0690. The van der Waals surface area contributed by atoms with E-state index in [1.807, 2.05) is 0 Å². The lowest BCUT2D eigenvalue weighted by molar-refractivity contribution is -0.136. The molecule has 1 unspecified atom stereocenters. The molecule has 0 aromatic heterocycles. The standard InChI is InChI=1S/C15H14F3OP/c1-9-6-7-12(11(8-9)15(16,17)18)20-13-5-3-4-10(2)14(13)19/h3-8,19-20H,1-2H3. The maximum Gasteiger partial charge on any atom is 0.417 e. The van der Waals surface area contributed by atoms with Crippen LogP contribution in [-0.2, 0) is 6.18 Å². The molecule has 0 radical (unpaired) electrons. The smallest absolute Gasteiger partial charge is 0.417 e. The van der Waals surface area contributed by atoms with E-state index in [0.717, 1.165) is 6.07 Å². The molecule has 0 aliphatic heterocycles. The van der Waals surface area contributed by atoms with Crippen LogP contribution in [-0.4, -0.2) is 5.11 Å². The molecule has 0 saturated heterocycles. The van der Waals surface area contributed by atoms with Crippen LogP contribution in [0.2, 0.25) is 0 Å². The highest BCUT2D eigenvalue weighted by Gasteiger charge is 2.33. The van der Waals surface area contributed by atoms with Crippen molar-refractivity contribution in [1.82, 2.24) is 0 Å². The van der Waals surface area contributed by atoms with Crippen LogP contribution in [0.15, 0.2) is 36.4 Å². The molecule has 0 spiro atoms. The van der Waals surface area contributed by atoms with Gasteiger partial charge in [-0.05, 0) is 30.8 Å². The van der Waals surface area contributed by atoms with E-state index in [0.29, 0.717) is 16.4 Å². The Bertz CT molecular complexity index is 636. The van der Waals surface area contributed by atoms with Crippen molar-refractivity contribution < 1.29 is 18.3 Å². The van der Waals surface area contributed by atoms with E-state index in [4.69, 9.17) is 0 Å². The number of rotatable bonds is 2. The monoisotopic (exact) mass is 298 g/mol. The van der Waals surface area contributed by atoms with Gasteiger partial charge in [-0.1, -0.05) is 44.5 Å². The van der Waals surface area contributed by atoms with Crippen molar-refractivity contribution in [2.75, 3.05) is 0 Å². The van der Waals surface area contributed by atoms with Crippen molar-refractivity contribution in [2.24, 2.45) is 0 Å². The highest BCUT2D eigenvalue weighted by atomic mass is 31.1. The summed E-state index contributed by atoms with van der Waals surface area (Å²) in [5.74, 6) is 0.0690. The van der Waals surface area contributed by atoms with Gasteiger partial charge in [-0.25, -0.2) is 0 Å². The summed E-state index contributed by atoms with van der Waals surface area (Å²) in [7, 11) is -0.229. The third kappa shape index (κ3) is 3.13. The SMILES string of the molecule is Cc1ccc(Pc2cccc(C)c2O)c(C(F)(F)F)c1. The van der Waals surface area contributed by atoms with Gasteiger partial charge in [0.25, 0.3) is 0 Å². The first-order valence-electron chi connectivity index (χ1n) is 6.02. The molecule has 1 atom stereocenters. The van der Waals surface area contributed by atoms with Crippen molar-refractivity contribution >= 4 is 19.2 Å². The molecule has 2 aromatic rings. The van der Waals surface area contributed by atoms with Crippen LogP contribution in [0.5, 0.6) is 5.75 Å². The lowest BCUT2D eigenvalue weighted by Gasteiger charge is -2.15. The average Bonchev–Trinajstić information content (AvgIpc) is 2.36. The zero-order chi connectivity index (χ0) is 14.9. The summed E-state index contributed by atoms with van der Waals surface area (Å²) in [5.41, 5.74) is 0.603. The molecule has 1 nitrogen and oxygen atoms in total. The first-order valence-corrected chi connectivity index (χ1v) is 7.02. The largest absolute Gasteiger partial charge is 0.507 e. The number of alkyl halides is 3. The first-order chi connectivity index (χ1) is 9.29. The molecule has 20 heavy (non-hydrogen) atoms. The second kappa shape index (κ2) is 5.45. The van der Waals surface area contributed by atoms with E-state index < -0.39 is 11.7 Å². The fraction of sp³-hybridized carbons (Fsp3) is 0.200. The highest BCUT2D eigenvalue weighted by Crippen LogP contribution is 2.32. The summed E-state index contributed by atoms with van der Waals surface area (Å²) in [5, 5.41) is 10.7. The summed E-state index contributed by atoms with van der Waals surface area (Å²) >= 11 is 0. The normalized spacial score (nSPS) is 12.2. The van der Waals surface area contributed by atoms with Gasteiger partial charge in [-0.2, -0.15) is 13.2 Å². The zero-order valence-electron chi connectivity index (χ0n) is 11.0. The average molecular weight is 298 g/mol. The number of para-hydroxylation sites is 1. The van der Waals surface area contributed by atoms with Gasteiger partial charge in [0.15, 0.2) is 0 Å². The number of benzene rings is 2. The van der Waals surface area contributed by atoms with Crippen LogP contribution in [0.25, 0.3) is 0 Å². The summed E-state index contributed by atoms with van der Waals surface area (Å²) in [6.45, 7) is 3.36. The number of phenolic OH excluding ortho intramolecular Hbond substituents is 1. The van der Waals surface area contributed by atoms with Crippen molar-refractivity contribution in [2.45, 2.75) is 20.0 Å². The van der Waals surface area contributed by atoms with Gasteiger partial charge in [0, 0.05) is 5.30 Å². The molecule has 1 N–H and O–H groups in total. The van der Waals surface area contributed by atoms with E-state index in [2.05, 4.69) is 0 Å². The minimum atomic E-state index is -4.38. The molecule has 0 heterocycles. The van der Waals surface area contributed by atoms with E-state index in [1.165, 1.54) is 6.07 Å². The number of hydrogen-bond acceptors (Lipinski definition) is 1. The molecular weight excluding hydrogens is 284 g/mol. The maximum absolute atomic E-state index is 13.1. The molecule has 0 saturated carbocycles. The Kier molecular flexibility index (Phi) is 4.05. The summed E-state index contributed by atoms with van der Waals surface area (Å²) < 4.78 is 39.2. The first kappa shape index (κ1) is 14.9. The van der Waals surface area contributed by atoms with Crippen LogP contribution >= 0.6 is 8.58 Å². The number of aromatic hydroxyl groups is 1. The Labute approximate surface area is 117 Å². The highest BCUT2D eigenvalue weighted by molar-refractivity contribution is 7.55. The predicted molar refractivity (Wildman–Crippen MR) is 76.6 cm³/mol. The summed E-state index contributed by atoms with van der Waals surface area (Å²) in [6, 6.07) is 9.40. The third-order valence-electron chi connectivity index (χ3n) is 2.99. The Morgan fingerprint density at radius 1 is 1.00 bits per heavy atom. The minimum Gasteiger partial charge on any atom is -0.507 e. The van der Waals surface area contributed by atoms with Gasteiger partial charge >= 0.3 is 6.18 Å². The van der Waals surface area contributed by atoms with Gasteiger partial charge in [-0.15, -0.1) is 0 Å². The molecule has 5 heteroatoms. The van der Waals surface area contributed by atoms with Gasteiger partial charge in [0.1, 0.15) is 5.75 Å². The predicted octanol–water partition coefficient (Wildman–Crippen LogP) is 3.66. The van der Waals surface area contributed by atoms with E-state index in [-0.39, 0.29) is 19.6 Å². The summed E-state index contributed by atoms with van der Waals surface area (Å²) in [6.07, 6.45) is -4.38. The molecule has 2 rings (SSSR count). The number of hydrogen-bond donors (Lipinski definition) is 1. The van der Waals surface area contributed by atoms with Crippen LogP contribution in [0, 0.1) is 13.8 Å². The molecule has 0 fully saturated rings. The van der Waals surface area contributed by atoms with Crippen LogP contribution < -0.4 is 10.6 Å². The number of phenols is 1. The molecule has 0 amide bonds. The lowest BCUT2D eigenvalue weighted by atomic mass is 10.1. The summed E-state index contributed by atoms with van der Waals surface area (Å²) in [4.78, 5) is 0. The molecule has 0 aliphatic rings. The van der Waals surface area contributed by atoms with Gasteiger partial charge in [-0.3, -0.25) is 0 Å². The molecular formula is C15H14F3OP. The fourth-order valence-corrected chi connectivity index (χ4v) is 3.21. The molecule has 0 aliphatic carbocycles. The van der Waals surface area contributed by atoms with Crippen molar-refractivity contribution in [3.05, 3.63) is 53.1 Å². The van der Waals surface area contributed by atoms with Crippen LogP contribution in [0.1, 0.15) is 16.7 Å². The Hall–Kier alpha value is -1.54. The molecule has 0 bridgehead atoms. The van der Waals surface area contributed by atoms with E-state index in [1.54, 1.807) is 38.1 Å². The van der Waals surface area contributed by atoms with E-state index in [9.17, 15) is 18.3 Å². The Morgan fingerprint density at radius 3 is 2.35 bits per heavy atom. The third-order valence-corrected chi connectivity index (χ3v) is 4.37. The maximum atomic E-state index is 13.1. The second-order valence-electron chi connectivity index (χ2n) is 4.64.